The normalized spacial score (nSPS) is 17.1. The molecule has 2 aromatic carbocycles. The molecule has 0 aromatic heterocycles. The largest absolute Gasteiger partial charge is 0.481 e. The summed E-state index contributed by atoms with van der Waals surface area (Å²) in [5.74, 6) is 0.727. The van der Waals surface area contributed by atoms with E-state index in [0.717, 1.165) is 24.0 Å². The van der Waals surface area contributed by atoms with Gasteiger partial charge in [0.1, 0.15) is 5.75 Å². The number of carbonyl (C=O) groups is 1. The van der Waals surface area contributed by atoms with E-state index < -0.39 is 6.10 Å². The van der Waals surface area contributed by atoms with Crippen LogP contribution in [0.5, 0.6) is 5.75 Å². The standard InChI is InChI=1S/C19H23NO2/c1-14(19(21)20-17-9-3-2-4-10-17)22-18-12-11-15-7-5-6-8-16(15)13-18/h5-8,11-14,17H,2-4,9-10H2,1H3,(H,20,21)/t14-/m1/s1. The summed E-state index contributed by atoms with van der Waals surface area (Å²) in [6.07, 6.45) is 5.43. The zero-order valence-corrected chi connectivity index (χ0v) is 13.0. The summed E-state index contributed by atoms with van der Waals surface area (Å²) in [4.78, 5) is 12.2. The third-order valence-electron chi connectivity index (χ3n) is 4.35. The minimum atomic E-state index is -0.469. The van der Waals surface area contributed by atoms with Crippen molar-refractivity contribution in [2.24, 2.45) is 0 Å². The monoisotopic (exact) mass is 297 g/mol. The average molecular weight is 297 g/mol. The van der Waals surface area contributed by atoms with Gasteiger partial charge in [0.15, 0.2) is 6.10 Å². The number of ether oxygens (including phenoxy) is 1. The summed E-state index contributed by atoms with van der Waals surface area (Å²) in [7, 11) is 0. The number of benzene rings is 2. The summed E-state index contributed by atoms with van der Waals surface area (Å²) in [5, 5.41) is 5.41. The second-order valence-corrected chi connectivity index (χ2v) is 6.11. The van der Waals surface area contributed by atoms with E-state index in [9.17, 15) is 4.79 Å². The molecule has 3 rings (SSSR count). The molecule has 0 bridgehead atoms. The Morgan fingerprint density at radius 3 is 2.59 bits per heavy atom. The van der Waals surface area contributed by atoms with Crippen molar-refractivity contribution in [3.63, 3.8) is 0 Å². The lowest BCUT2D eigenvalue weighted by Gasteiger charge is -2.24. The van der Waals surface area contributed by atoms with Gasteiger partial charge in [-0.25, -0.2) is 0 Å². The zero-order valence-electron chi connectivity index (χ0n) is 13.0. The van der Waals surface area contributed by atoms with E-state index in [0.29, 0.717) is 6.04 Å². The van der Waals surface area contributed by atoms with Crippen molar-refractivity contribution < 1.29 is 9.53 Å². The molecule has 1 aliphatic carbocycles. The third-order valence-corrected chi connectivity index (χ3v) is 4.35. The minimum Gasteiger partial charge on any atom is -0.481 e. The fraction of sp³-hybridized carbons (Fsp3) is 0.421. The van der Waals surface area contributed by atoms with Crippen LogP contribution < -0.4 is 10.1 Å². The number of nitrogens with one attached hydrogen (secondary N) is 1. The molecule has 1 aliphatic rings. The van der Waals surface area contributed by atoms with Crippen LogP contribution >= 0.6 is 0 Å². The lowest BCUT2D eigenvalue weighted by atomic mass is 9.95. The van der Waals surface area contributed by atoms with Crippen LogP contribution in [-0.2, 0) is 4.79 Å². The maximum Gasteiger partial charge on any atom is 0.260 e. The second kappa shape index (κ2) is 6.82. The average Bonchev–Trinajstić information content (AvgIpc) is 2.55. The summed E-state index contributed by atoms with van der Waals surface area (Å²) in [6.45, 7) is 1.81. The molecule has 1 fully saturated rings. The molecule has 1 N–H and O–H groups in total. The number of hydrogen-bond donors (Lipinski definition) is 1. The van der Waals surface area contributed by atoms with Crippen molar-refractivity contribution in [1.29, 1.82) is 0 Å². The minimum absolute atomic E-state index is 0.0138. The highest BCUT2D eigenvalue weighted by molar-refractivity contribution is 5.84. The summed E-state index contributed by atoms with van der Waals surface area (Å²) in [5.41, 5.74) is 0. The Balaban J connectivity index is 1.61. The van der Waals surface area contributed by atoms with Crippen molar-refractivity contribution in [3.8, 4) is 5.75 Å². The van der Waals surface area contributed by atoms with Gasteiger partial charge in [-0.05, 0) is 42.7 Å². The summed E-state index contributed by atoms with van der Waals surface area (Å²) in [6, 6.07) is 14.4. The van der Waals surface area contributed by atoms with Crippen LogP contribution in [0.15, 0.2) is 42.5 Å². The Bertz CT molecular complexity index is 647. The van der Waals surface area contributed by atoms with Crippen LogP contribution in [0.4, 0.5) is 0 Å². The van der Waals surface area contributed by atoms with Gasteiger partial charge in [0, 0.05) is 6.04 Å². The van der Waals surface area contributed by atoms with Crippen LogP contribution in [0.2, 0.25) is 0 Å². The molecule has 3 heteroatoms. The van der Waals surface area contributed by atoms with Crippen LogP contribution in [0.1, 0.15) is 39.0 Å². The fourth-order valence-electron chi connectivity index (χ4n) is 3.06. The van der Waals surface area contributed by atoms with E-state index in [-0.39, 0.29) is 5.91 Å². The molecule has 0 heterocycles. The highest BCUT2D eigenvalue weighted by atomic mass is 16.5. The molecule has 0 spiro atoms. The first-order valence-corrected chi connectivity index (χ1v) is 8.18. The molecule has 3 nitrogen and oxygen atoms in total. The van der Waals surface area contributed by atoms with E-state index in [4.69, 9.17) is 4.74 Å². The van der Waals surface area contributed by atoms with E-state index in [2.05, 4.69) is 17.4 Å². The van der Waals surface area contributed by atoms with Crippen LogP contribution in [0.3, 0.4) is 0 Å². The van der Waals surface area contributed by atoms with E-state index in [1.54, 1.807) is 0 Å². The number of hydrogen-bond acceptors (Lipinski definition) is 2. The van der Waals surface area contributed by atoms with Crippen LogP contribution in [-0.4, -0.2) is 18.1 Å². The van der Waals surface area contributed by atoms with Crippen molar-refractivity contribution >= 4 is 16.7 Å². The molecule has 0 unspecified atom stereocenters. The van der Waals surface area contributed by atoms with Gasteiger partial charge in [0.2, 0.25) is 0 Å². The van der Waals surface area contributed by atoms with Gasteiger partial charge in [-0.15, -0.1) is 0 Å². The van der Waals surface area contributed by atoms with Crippen molar-refractivity contribution in [2.75, 3.05) is 0 Å². The quantitative estimate of drug-likeness (QED) is 0.924. The zero-order chi connectivity index (χ0) is 15.4. The number of fused-ring (bicyclic) bond motifs is 1. The predicted octanol–water partition coefficient (Wildman–Crippen LogP) is 4.06. The van der Waals surface area contributed by atoms with Crippen molar-refractivity contribution in [1.82, 2.24) is 5.32 Å². The third kappa shape index (κ3) is 3.59. The first-order valence-electron chi connectivity index (χ1n) is 8.18. The van der Waals surface area contributed by atoms with E-state index in [1.165, 1.54) is 24.6 Å². The van der Waals surface area contributed by atoms with Crippen molar-refractivity contribution in [2.45, 2.75) is 51.2 Å². The maximum atomic E-state index is 12.2. The van der Waals surface area contributed by atoms with Crippen molar-refractivity contribution in [3.05, 3.63) is 42.5 Å². The van der Waals surface area contributed by atoms with E-state index in [1.807, 2.05) is 37.3 Å². The summed E-state index contributed by atoms with van der Waals surface area (Å²) >= 11 is 0. The van der Waals surface area contributed by atoms with Gasteiger partial charge in [0.25, 0.3) is 5.91 Å². The summed E-state index contributed by atoms with van der Waals surface area (Å²) < 4.78 is 5.81. The molecule has 1 atom stereocenters. The molecule has 22 heavy (non-hydrogen) atoms. The second-order valence-electron chi connectivity index (χ2n) is 6.11. The van der Waals surface area contributed by atoms with Gasteiger partial charge in [-0.2, -0.15) is 0 Å². The smallest absolute Gasteiger partial charge is 0.260 e. The van der Waals surface area contributed by atoms with Crippen LogP contribution in [0.25, 0.3) is 10.8 Å². The van der Waals surface area contributed by atoms with E-state index >= 15 is 0 Å². The Morgan fingerprint density at radius 2 is 1.82 bits per heavy atom. The first-order chi connectivity index (χ1) is 10.7. The highest BCUT2D eigenvalue weighted by Gasteiger charge is 2.20. The lowest BCUT2D eigenvalue weighted by molar-refractivity contribution is -0.128. The number of rotatable bonds is 4. The molecular formula is C19H23NO2. The Labute approximate surface area is 131 Å². The van der Waals surface area contributed by atoms with Gasteiger partial charge >= 0.3 is 0 Å². The predicted molar refractivity (Wildman–Crippen MR) is 89.1 cm³/mol. The van der Waals surface area contributed by atoms with Gasteiger partial charge in [0.05, 0.1) is 0 Å². The Kier molecular flexibility index (Phi) is 4.62. The molecule has 0 saturated heterocycles. The molecule has 2 aromatic rings. The fourth-order valence-corrected chi connectivity index (χ4v) is 3.06. The molecule has 1 saturated carbocycles. The lowest BCUT2D eigenvalue weighted by Crippen LogP contribution is -2.43. The molecular weight excluding hydrogens is 274 g/mol. The Morgan fingerprint density at radius 1 is 1.09 bits per heavy atom. The van der Waals surface area contributed by atoms with Gasteiger partial charge in [-0.1, -0.05) is 49.6 Å². The number of amides is 1. The molecule has 1 amide bonds. The topological polar surface area (TPSA) is 38.3 Å². The first kappa shape index (κ1) is 14.9. The highest BCUT2D eigenvalue weighted by Crippen LogP contribution is 2.22. The molecule has 0 radical (unpaired) electrons. The maximum absolute atomic E-state index is 12.2. The SMILES string of the molecule is C[C@@H](Oc1ccc2ccccc2c1)C(=O)NC1CCCCC1. The molecule has 0 aliphatic heterocycles. The van der Waals surface area contributed by atoms with Gasteiger partial charge in [-0.3, -0.25) is 4.79 Å². The number of carbonyl (C=O) groups excluding carboxylic acids is 1. The van der Waals surface area contributed by atoms with Gasteiger partial charge < -0.3 is 10.1 Å². The van der Waals surface area contributed by atoms with Crippen LogP contribution in [0, 0.1) is 0 Å². The Hall–Kier alpha value is -2.03. The molecule has 116 valence electrons.